The standard InChI is InChI=1S/C19H23NO2S/c1-19(20,15-21)12-11-18-10-9-17(23-18)8-5-13-22-14-16-6-3-2-4-7-16/h2-4,6-7,9-10,21H,11-15,20H2,1H3. The first-order chi connectivity index (χ1) is 11.1. The molecule has 3 nitrogen and oxygen atoms in total. The fourth-order valence-electron chi connectivity index (χ4n) is 1.98. The molecular weight excluding hydrogens is 306 g/mol. The van der Waals surface area contributed by atoms with Crippen LogP contribution in [0.3, 0.4) is 0 Å². The van der Waals surface area contributed by atoms with Gasteiger partial charge in [0, 0.05) is 10.4 Å². The Balaban J connectivity index is 1.74. The third kappa shape index (κ3) is 6.55. The first kappa shape index (κ1) is 17.7. The Labute approximate surface area is 142 Å². The smallest absolute Gasteiger partial charge is 0.108 e. The maximum Gasteiger partial charge on any atom is 0.108 e. The summed E-state index contributed by atoms with van der Waals surface area (Å²) in [6, 6.07) is 14.2. The van der Waals surface area contributed by atoms with E-state index < -0.39 is 5.54 Å². The van der Waals surface area contributed by atoms with Crippen LogP contribution in [0.25, 0.3) is 0 Å². The molecule has 23 heavy (non-hydrogen) atoms. The summed E-state index contributed by atoms with van der Waals surface area (Å²) in [6.07, 6.45) is 1.63. The zero-order valence-electron chi connectivity index (χ0n) is 13.4. The third-order valence-electron chi connectivity index (χ3n) is 3.46. The minimum atomic E-state index is -0.513. The molecule has 0 aliphatic rings. The van der Waals surface area contributed by atoms with Gasteiger partial charge in [-0.25, -0.2) is 0 Å². The molecule has 1 aromatic carbocycles. The number of aryl methyl sites for hydroxylation is 1. The summed E-state index contributed by atoms with van der Waals surface area (Å²) in [6.45, 7) is 2.88. The van der Waals surface area contributed by atoms with Crippen LogP contribution < -0.4 is 5.73 Å². The topological polar surface area (TPSA) is 55.5 Å². The van der Waals surface area contributed by atoms with E-state index >= 15 is 0 Å². The average molecular weight is 329 g/mol. The molecule has 0 spiro atoms. The SMILES string of the molecule is CC(N)(CO)CCc1ccc(C#CCOCc2ccccc2)s1. The summed E-state index contributed by atoms with van der Waals surface area (Å²) in [5.41, 5.74) is 6.58. The van der Waals surface area contributed by atoms with Gasteiger partial charge in [-0.15, -0.1) is 11.3 Å². The van der Waals surface area contributed by atoms with Crippen LogP contribution in [0, 0.1) is 11.8 Å². The number of thiophene rings is 1. The molecule has 0 aliphatic heterocycles. The van der Waals surface area contributed by atoms with Gasteiger partial charge in [0.05, 0.1) is 18.1 Å². The van der Waals surface area contributed by atoms with Crippen molar-refractivity contribution in [3.8, 4) is 11.8 Å². The lowest BCUT2D eigenvalue weighted by Gasteiger charge is -2.20. The molecule has 0 radical (unpaired) electrons. The number of benzene rings is 1. The maximum atomic E-state index is 9.17. The Morgan fingerprint density at radius 2 is 2.00 bits per heavy atom. The van der Waals surface area contributed by atoms with Crippen LogP contribution in [0.15, 0.2) is 42.5 Å². The summed E-state index contributed by atoms with van der Waals surface area (Å²) in [5, 5.41) is 9.17. The van der Waals surface area contributed by atoms with E-state index in [-0.39, 0.29) is 6.61 Å². The third-order valence-corrected chi connectivity index (χ3v) is 4.52. The summed E-state index contributed by atoms with van der Waals surface area (Å²) in [5.74, 6) is 6.17. The molecule has 0 saturated carbocycles. The average Bonchev–Trinajstić information content (AvgIpc) is 3.02. The quantitative estimate of drug-likeness (QED) is 0.606. The van der Waals surface area contributed by atoms with Crippen molar-refractivity contribution in [1.82, 2.24) is 0 Å². The largest absolute Gasteiger partial charge is 0.394 e. The molecule has 1 unspecified atom stereocenters. The van der Waals surface area contributed by atoms with E-state index in [4.69, 9.17) is 15.6 Å². The van der Waals surface area contributed by atoms with Gasteiger partial charge < -0.3 is 15.6 Å². The van der Waals surface area contributed by atoms with E-state index in [9.17, 15) is 0 Å². The number of hydrogen-bond acceptors (Lipinski definition) is 4. The highest BCUT2D eigenvalue weighted by molar-refractivity contribution is 7.12. The van der Waals surface area contributed by atoms with Crippen molar-refractivity contribution in [1.29, 1.82) is 0 Å². The van der Waals surface area contributed by atoms with Crippen LogP contribution >= 0.6 is 11.3 Å². The fourth-order valence-corrected chi connectivity index (χ4v) is 2.87. The van der Waals surface area contributed by atoms with Gasteiger partial charge in [-0.2, -0.15) is 0 Å². The maximum absolute atomic E-state index is 9.17. The predicted molar refractivity (Wildman–Crippen MR) is 95.3 cm³/mol. The summed E-state index contributed by atoms with van der Waals surface area (Å²) < 4.78 is 5.54. The molecule has 1 heterocycles. The van der Waals surface area contributed by atoms with Crippen molar-refractivity contribution in [3.05, 3.63) is 57.8 Å². The Bertz CT molecular complexity index is 653. The fraction of sp³-hybridized carbons (Fsp3) is 0.368. The lowest BCUT2D eigenvalue weighted by Crippen LogP contribution is -2.40. The molecule has 1 aromatic heterocycles. The van der Waals surface area contributed by atoms with Crippen molar-refractivity contribution in [2.24, 2.45) is 5.73 Å². The Hall–Kier alpha value is -1.64. The number of hydrogen-bond donors (Lipinski definition) is 2. The summed E-state index contributed by atoms with van der Waals surface area (Å²) in [7, 11) is 0. The Morgan fingerprint density at radius 3 is 2.74 bits per heavy atom. The predicted octanol–water partition coefficient (Wildman–Crippen LogP) is 2.96. The van der Waals surface area contributed by atoms with Gasteiger partial charge in [0.2, 0.25) is 0 Å². The molecule has 0 saturated heterocycles. The highest BCUT2D eigenvalue weighted by Gasteiger charge is 2.16. The molecule has 0 amide bonds. The van der Waals surface area contributed by atoms with E-state index in [1.54, 1.807) is 11.3 Å². The molecule has 0 bridgehead atoms. The number of nitrogens with two attached hydrogens (primary N) is 1. The Morgan fingerprint density at radius 1 is 1.22 bits per heavy atom. The molecule has 2 rings (SSSR count). The zero-order chi connectivity index (χ0) is 16.5. The molecular formula is C19H23NO2S. The van der Waals surface area contributed by atoms with Crippen molar-refractivity contribution in [2.45, 2.75) is 31.9 Å². The van der Waals surface area contributed by atoms with Crippen molar-refractivity contribution < 1.29 is 9.84 Å². The molecule has 4 heteroatoms. The first-order valence-corrected chi connectivity index (χ1v) is 8.50. The Kier molecular flexibility index (Phi) is 6.82. The highest BCUT2D eigenvalue weighted by atomic mass is 32.1. The van der Waals surface area contributed by atoms with Crippen LogP contribution in [0.1, 0.15) is 28.7 Å². The van der Waals surface area contributed by atoms with Crippen LogP contribution in [0.4, 0.5) is 0 Å². The van der Waals surface area contributed by atoms with Crippen molar-refractivity contribution in [3.63, 3.8) is 0 Å². The second-order valence-electron chi connectivity index (χ2n) is 5.86. The van der Waals surface area contributed by atoms with E-state index in [0.29, 0.717) is 13.2 Å². The zero-order valence-corrected chi connectivity index (χ0v) is 14.2. The van der Waals surface area contributed by atoms with Gasteiger partial charge in [-0.3, -0.25) is 0 Å². The molecule has 122 valence electrons. The first-order valence-electron chi connectivity index (χ1n) is 7.68. The van der Waals surface area contributed by atoms with Gasteiger partial charge in [-0.05, 0) is 37.5 Å². The van der Waals surface area contributed by atoms with Crippen LogP contribution in [-0.4, -0.2) is 23.9 Å². The normalized spacial score (nSPS) is 13.2. The monoisotopic (exact) mass is 329 g/mol. The van der Waals surface area contributed by atoms with Crippen LogP contribution in [-0.2, 0) is 17.8 Å². The minimum Gasteiger partial charge on any atom is -0.394 e. The molecule has 0 fully saturated rings. The van der Waals surface area contributed by atoms with Gasteiger partial charge in [0.25, 0.3) is 0 Å². The van der Waals surface area contributed by atoms with E-state index in [1.165, 1.54) is 4.88 Å². The van der Waals surface area contributed by atoms with Crippen LogP contribution in [0.2, 0.25) is 0 Å². The molecule has 0 aliphatic carbocycles. The van der Waals surface area contributed by atoms with Crippen molar-refractivity contribution >= 4 is 11.3 Å². The number of rotatable bonds is 7. The lowest BCUT2D eigenvalue weighted by atomic mass is 9.98. The van der Waals surface area contributed by atoms with Gasteiger partial charge in [0.15, 0.2) is 0 Å². The van der Waals surface area contributed by atoms with E-state index in [2.05, 4.69) is 17.9 Å². The van der Waals surface area contributed by atoms with Gasteiger partial charge in [0.1, 0.15) is 6.61 Å². The number of aliphatic hydroxyl groups excluding tert-OH is 1. The van der Waals surface area contributed by atoms with Gasteiger partial charge >= 0.3 is 0 Å². The molecule has 3 N–H and O–H groups in total. The number of aliphatic hydroxyl groups is 1. The van der Waals surface area contributed by atoms with Crippen molar-refractivity contribution in [2.75, 3.05) is 13.2 Å². The second kappa shape index (κ2) is 8.85. The highest BCUT2D eigenvalue weighted by Crippen LogP contribution is 2.19. The minimum absolute atomic E-state index is 0.00376. The lowest BCUT2D eigenvalue weighted by molar-refractivity contribution is 0.153. The summed E-state index contributed by atoms with van der Waals surface area (Å²) in [4.78, 5) is 2.27. The second-order valence-corrected chi connectivity index (χ2v) is 7.03. The number of ether oxygens (including phenoxy) is 1. The van der Waals surface area contributed by atoms with Gasteiger partial charge in [-0.1, -0.05) is 42.2 Å². The van der Waals surface area contributed by atoms with Crippen LogP contribution in [0.5, 0.6) is 0 Å². The van der Waals surface area contributed by atoms with E-state index in [1.807, 2.05) is 43.3 Å². The molecule has 2 aromatic rings. The summed E-state index contributed by atoms with van der Waals surface area (Å²) >= 11 is 1.67. The van der Waals surface area contributed by atoms with E-state index in [0.717, 1.165) is 23.3 Å². The molecule has 1 atom stereocenters.